The van der Waals surface area contributed by atoms with E-state index in [1.807, 2.05) is 0 Å². The molecule has 0 saturated carbocycles. The average Bonchev–Trinajstić information content (AvgIpc) is 3.11. The van der Waals surface area contributed by atoms with Crippen molar-refractivity contribution in [3.63, 3.8) is 0 Å². The molecule has 2 fully saturated rings. The smallest absolute Gasteiger partial charge is 0.309 e. The van der Waals surface area contributed by atoms with Gasteiger partial charge in [0, 0.05) is 36.9 Å². The van der Waals surface area contributed by atoms with E-state index in [-0.39, 0.29) is 23.6 Å². The van der Waals surface area contributed by atoms with Gasteiger partial charge in [-0.15, -0.1) is 0 Å². The number of carbonyl (C=O) groups excluding carboxylic acids is 1. The maximum absolute atomic E-state index is 12.8. The van der Waals surface area contributed by atoms with E-state index in [4.69, 9.17) is 4.74 Å². The summed E-state index contributed by atoms with van der Waals surface area (Å²) in [5.41, 5.74) is 0.655. The van der Waals surface area contributed by atoms with Gasteiger partial charge in [0.25, 0.3) is 11.6 Å². The van der Waals surface area contributed by atoms with Crippen molar-refractivity contribution in [2.75, 3.05) is 19.7 Å². The first-order chi connectivity index (χ1) is 12.4. The first-order valence-electron chi connectivity index (χ1n) is 8.78. The highest BCUT2D eigenvalue weighted by Crippen LogP contribution is 2.34. The molecule has 2 aliphatic heterocycles. The average molecular weight is 362 g/mol. The molecule has 0 aliphatic carbocycles. The second-order valence-electron chi connectivity index (χ2n) is 6.91. The normalized spacial score (nSPS) is 23.8. The number of likely N-dealkylation sites (tertiary alicyclic amines) is 1. The standard InChI is InChI=1S/C18H22N2O6/c1-11-13(3-2-4-15(11)20(24)25)17(21)19-8-5-12(6-9-19)16-14(18(22)23)7-10-26-16/h2-4,12,14,16H,5-10H2,1H3,(H,22,23)/t14?,16-/m0/s1. The highest BCUT2D eigenvalue weighted by molar-refractivity contribution is 5.96. The van der Waals surface area contributed by atoms with E-state index in [1.54, 1.807) is 17.9 Å². The molecule has 2 saturated heterocycles. The second kappa shape index (κ2) is 7.41. The minimum atomic E-state index is -0.821. The van der Waals surface area contributed by atoms with Gasteiger partial charge < -0.3 is 14.7 Å². The van der Waals surface area contributed by atoms with Crippen LogP contribution in [-0.2, 0) is 9.53 Å². The molecule has 8 heteroatoms. The number of nitro groups is 1. The van der Waals surface area contributed by atoms with Crippen molar-refractivity contribution in [3.05, 3.63) is 39.4 Å². The molecule has 2 heterocycles. The minimum absolute atomic E-state index is 0.0607. The van der Waals surface area contributed by atoms with E-state index in [0.717, 1.165) is 0 Å². The van der Waals surface area contributed by atoms with Gasteiger partial charge in [-0.2, -0.15) is 0 Å². The minimum Gasteiger partial charge on any atom is -0.481 e. The van der Waals surface area contributed by atoms with Gasteiger partial charge in [-0.05, 0) is 38.2 Å². The van der Waals surface area contributed by atoms with Gasteiger partial charge in [0.2, 0.25) is 0 Å². The van der Waals surface area contributed by atoms with Crippen molar-refractivity contribution in [2.24, 2.45) is 11.8 Å². The van der Waals surface area contributed by atoms with Gasteiger partial charge in [-0.1, -0.05) is 6.07 Å². The number of nitrogens with zero attached hydrogens (tertiary/aromatic N) is 2. The summed E-state index contributed by atoms with van der Waals surface area (Å²) in [6.45, 7) is 3.05. The SMILES string of the molecule is Cc1c(C(=O)N2CCC([C@@H]3OCCC3C(=O)O)CC2)cccc1[N+](=O)[O-]. The van der Waals surface area contributed by atoms with Crippen molar-refractivity contribution in [1.29, 1.82) is 0 Å². The highest BCUT2D eigenvalue weighted by atomic mass is 16.6. The summed E-state index contributed by atoms with van der Waals surface area (Å²) in [7, 11) is 0. The molecule has 26 heavy (non-hydrogen) atoms. The van der Waals surface area contributed by atoms with Crippen LogP contribution in [0.4, 0.5) is 5.69 Å². The van der Waals surface area contributed by atoms with Gasteiger partial charge in [0.1, 0.15) is 0 Å². The highest BCUT2D eigenvalue weighted by Gasteiger charge is 2.41. The number of carbonyl (C=O) groups is 2. The molecule has 2 aliphatic rings. The molecule has 1 aromatic rings. The number of hydrogen-bond acceptors (Lipinski definition) is 5. The largest absolute Gasteiger partial charge is 0.481 e. The molecule has 2 atom stereocenters. The zero-order chi connectivity index (χ0) is 18.8. The first kappa shape index (κ1) is 18.3. The Morgan fingerprint density at radius 1 is 1.27 bits per heavy atom. The van der Waals surface area contributed by atoms with Crippen molar-refractivity contribution >= 4 is 17.6 Å². The third kappa shape index (κ3) is 3.41. The van der Waals surface area contributed by atoms with Gasteiger partial charge in [0.15, 0.2) is 0 Å². The number of carboxylic acid groups (broad SMARTS) is 1. The molecule has 1 N–H and O–H groups in total. The summed E-state index contributed by atoms with van der Waals surface area (Å²) in [6, 6.07) is 4.52. The third-order valence-electron chi connectivity index (χ3n) is 5.48. The number of amides is 1. The Balaban J connectivity index is 1.67. The van der Waals surface area contributed by atoms with E-state index in [1.165, 1.54) is 12.1 Å². The fourth-order valence-electron chi connectivity index (χ4n) is 3.99. The number of benzene rings is 1. The maximum atomic E-state index is 12.8. The Morgan fingerprint density at radius 2 is 1.96 bits per heavy atom. The molecule has 0 aromatic heterocycles. The zero-order valence-electron chi connectivity index (χ0n) is 14.6. The summed E-state index contributed by atoms with van der Waals surface area (Å²) < 4.78 is 5.65. The number of piperidine rings is 1. The lowest BCUT2D eigenvalue weighted by atomic mass is 9.84. The Labute approximate surface area is 150 Å². The molecule has 140 valence electrons. The summed E-state index contributed by atoms with van der Waals surface area (Å²) >= 11 is 0. The summed E-state index contributed by atoms with van der Waals surface area (Å²) in [4.78, 5) is 36.4. The lowest BCUT2D eigenvalue weighted by molar-refractivity contribution is -0.385. The summed E-state index contributed by atoms with van der Waals surface area (Å²) in [5.74, 6) is -1.39. The maximum Gasteiger partial charge on any atom is 0.309 e. The van der Waals surface area contributed by atoms with Crippen LogP contribution in [0.3, 0.4) is 0 Å². The fraction of sp³-hybridized carbons (Fsp3) is 0.556. The number of rotatable bonds is 4. The number of hydrogen-bond donors (Lipinski definition) is 1. The van der Waals surface area contributed by atoms with Gasteiger partial charge in [-0.3, -0.25) is 19.7 Å². The quantitative estimate of drug-likeness (QED) is 0.650. The summed E-state index contributed by atoms with van der Waals surface area (Å²) in [6.07, 6.45) is 1.60. The number of aliphatic carboxylic acids is 1. The van der Waals surface area contributed by atoms with Crippen LogP contribution < -0.4 is 0 Å². The van der Waals surface area contributed by atoms with Crippen LogP contribution in [0.5, 0.6) is 0 Å². The molecule has 3 rings (SSSR count). The number of carboxylic acids is 1. The van der Waals surface area contributed by atoms with Crippen LogP contribution in [0.25, 0.3) is 0 Å². The molecule has 1 unspecified atom stereocenters. The number of ether oxygens (including phenoxy) is 1. The predicted octanol–water partition coefficient (Wildman–Crippen LogP) is 2.25. The van der Waals surface area contributed by atoms with Gasteiger partial charge in [-0.25, -0.2) is 0 Å². The third-order valence-corrected chi connectivity index (χ3v) is 5.48. The van der Waals surface area contributed by atoms with Crippen LogP contribution in [0, 0.1) is 28.9 Å². The Morgan fingerprint density at radius 3 is 2.58 bits per heavy atom. The molecule has 8 nitrogen and oxygen atoms in total. The van der Waals surface area contributed by atoms with Crippen LogP contribution in [0.15, 0.2) is 18.2 Å². The lowest BCUT2D eigenvalue weighted by Gasteiger charge is -2.35. The van der Waals surface area contributed by atoms with Gasteiger partial charge >= 0.3 is 5.97 Å². The number of nitro benzene ring substituents is 1. The van der Waals surface area contributed by atoms with Crippen LogP contribution in [-0.4, -0.2) is 52.6 Å². The second-order valence-corrected chi connectivity index (χ2v) is 6.91. The van der Waals surface area contributed by atoms with Crippen molar-refractivity contribution in [1.82, 2.24) is 4.90 Å². The van der Waals surface area contributed by atoms with E-state index in [2.05, 4.69) is 0 Å². The van der Waals surface area contributed by atoms with E-state index < -0.39 is 16.8 Å². The topological polar surface area (TPSA) is 110 Å². The van der Waals surface area contributed by atoms with Crippen molar-refractivity contribution in [3.8, 4) is 0 Å². The molecule has 1 amide bonds. The monoisotopic (exact) mass is 362 g/mol. The van der Waals surface area contributed by atoms with Gasteiger partial charge in [0.05, 0.1) is 16.9 Å². The van der Waals surface area contributed by atoms with E-state index >= 15 is 0 Å². The molecular weight excluding hydrogens is 340 g/mol. The van der Waals surface area contributed by atoms with E-state index in [0.29, 0.717) is 50.1 Å². The van der Waals surface area contributed by atoms with Crippen LogP contribution in [0.2, 0.25) is 0 Å². The first-order valence-corrected chi connectivity index (χ1v) is 8.78. The summed E-state index contributed by atoms with van der Waals surface area (Å²) in [5, 5.41) is 20.4. The fourth-order valence-corrected chi connectivity index (χ4v) is 3.99. The Hall–Kier alpha value is -2.48. The molecule has 1 aromatic carbocycles. The Kier molecular flexibility index (Phi) is 5.22. The molecular formula is C18H22N2O6. The van der Waals surface area contributed by atoms with Crippen molar-refractivity contribution < 1.29 is 24.4 Å². The van der Waals surface area contributed by atoms with Crippen LogP contribution in [0.1, 0.15) is 35.2 Å². The lowest BCUT2D eigenvalue weighted by Crippen LogP contribution is -2.43. The van der Waals surface area contributed by atoms with Crippen LogP contribution >= 0.6 is 0 Å². The Bertz CT molecular complexity index is 726. The molecule has 0 spiro atoms. The predicted molar refractivity (Wildman–Crippen MR) is 91.9 cm³/mol. The van der Waals surface area contributed by atoms with E-state index in [9.17, 15) is 24.8 Å². The zero-order valence-corrected chi connectivity index (χ0v) is 14.6. The van der Waals surface area contributed by atoms with Crippen molar-refractivity contribution in [2.45, 2.75) is 32.3 Å². The molecule has 0 bridgehead atoms. The molecule has 0 radical (unpaired) electrons.